The van der Waals surface area contributed by atoms with Crippen molar-refractivity contribution >= 4 is 0 Å². The number of fused-ring (bicyclic) bond motifs is 1. The van der Waals surface area contributed by atoms with Crippen molar-refractivity contribution in [2.24, 2.45) is 5.92 Å². The van der Waals surface area contributed by atoms with Crippen molar-refractivity contribution in [2.45, 2.75) is 93.9 Å². The van der Waals surface area contributed by atoms with Gasteiger partial charge in [0.2, 0.25) is 0 Å². The summed E-state index contributed by atoms with van der Waals surface area (Å²) in [5, 5.41) is 37.4. The first-order chi connectivity index (χ1) is 15.5. The number of aliphatic hydroxyl groups excluding tert-OH is 3. The zero-order valence-corrected chi connectivity index (χ0v) is 19.5. The number of morpholine rings is 1. The molecule has 0 aromatic carbocycles. The standard InChI is InChI=1S/C23H43N5O4/c1-26-19-12-16(4-2-3-9-27-10-11-32-23(15-27)13-24-14-23)5-6-17(19)28(22(26)31)18-7-8-20(29)25-21(18)30/h16-22,24-25,29-31H,2-15H2,1H3. The highest BCUT2D eigenvalue weighted by Crippen LogP contribution is 2.41. The number of hydrogen-bond acceptors (Lipinski definition) is 9. The molecule has 0 bridgehead atoms. The maximum absolute atomic E-state index is 11.0. The van der Waals surface area contributed by atoms with Gasteiger partial charge in [-0.1, -0.05) is 12.8 Å². The van der Waals surface area contributed by atoms with Crippen molar-refractivity contribution in [3.8, 4) is 0 Å². The van der Waals surface area contributed by atoms with E-state index in [1.807, 2.05) is 7.05 Å². The lowest BCUT2D eigenvalue weighted by Crippen LogP contribution is -2.68. The molecule has 32 heavy (non-hydrogen) atoms. The quantitative estimate of drug-likeness (QED) is 0.333. The van der Waals surface area contributed by atoms with Crippen LogP contribution in [-0.4, -0.2) is 119 Å². The molecule has 0 aromatic heterocycles. The average Bonchev–Trinajstić information content (AvgIpc) is 3.00. The fourth-order valence-electron chi connectivity index (χ4n) is 6.92. The summed E-state index contributed by atoms with van der Waals surface area (Å²) in [5.74, 6) is 0.717. The van der Waals surface area contributed by atoms with Gasteiger partial charge in [0.05, 0.1) is 12.6 Å². The molecule has 5 aliphatic rings. The molecule has 0 radical (unpaired) electrons. The van der Waals surface area contributed by atoms with Gasteiger partial charge in [0, 0.05) is 38.3 Å². The number of piperidine rings is 1. The second-order valence-electron chi connectivity index (χ2n) is 11.0. The van der Waals surface area contributed by atoms with Crippen molar-refractivity contribution in [3.63, 3.8) is 0 Å². The number of rotatable bonds is 6. The first-order valence-electron chi connectivity index (χ1n) is 12.8. The summed E-state index contributed by atoms with van der Waals surface area (Å²) in [7, 11) is 2.02. The van der Waals surface area contributed by atoms with E-state index in [4.69, 9.17) is 4.74 Å². The highest BCUT2D eigenvalue weighted by molar-refractivity contribution is 5.02. The van der Waals surface area contributed by atoms with Gasteiger partial charge < -0.3 is 25.4 Å². The lowest BCUT2D eigenvalue weighted by molar-refractivity contribution is -0.135. The maximum Gasteiger partial charge on any atom is 0.166 e. The Hall–Kier alpha value is -0.360. The zero-order valence-electron chi connectivity index (χ0n) is 19.5. The third-order valence-electron chi connectivity index (χ3n) is 8.83. The van der Waals surface area contributed by atoms with Gasteiger partial charge in [-0.15, -0.1) is 0 Å². The predicted octanol–water partition coefficient (Wildman–Crippen LogP) is -0.720. The van der Waals surface area contributed by atoms with Crippen molar-refractivity contribution in [1.82, 2.24) is 25.3 Å². The minimum Gasteiger partial charge on any atom is -0.379 e. The largest absolute Gasteiger partial charge is 0.379 e. The van der Waals surface area contributed by atoms with E-state index in [2.05, 4.69) is 25.3 Å². The van der Waals surface area contributed by atoms with Gasteiger partial charge in [0.1, 0.15) is 18.1 Å². The second kappa shape index (κ2) is 9.71. The minimum atomic E-state index is -0.798. The van der Waals surface area contributed by atoms with Crippen LogP contribution in [0, 0.1) is 5.92 Å². The Morgan fingerprint density at radius 2 is 1.81 bits per heavy atom. The highest BCUT2D eigenvalue weighted by Gasteiger charge is 2.51. The number of likely N-dealkylation sites (N-methyl/N-ethyl adjacent to an activating group) is 1. The molecule has 1 saturated carbocycles. The van der Waals surface area contributed by atoms with Gasteiger partial charge >= 0.3 is 0 Å². The molecule has 5 rings (SSSR count). The Balaban J connectivity index is 1.08. The summed E-state index contributed by atoms with van der Waals surface area (Å²) in [6, 6.07) is 0.474. The molecular weight excluding hydrogens is 410 g/mol. The molecule has 7 atom stereocenters. The summed E-state index contributed by atoms with van der Waals surface area (Å²) >= 11 is 0. The van der Waals surface area contributed by atoms with Crippen molar-refractivity contribution in [2.75, 3.05) is 46.4 Å². The molecule has 5 N–H and O–H groups in total. The van der Waals surface area contributed by atoms with E-state index in [9.17, 15) is 15.3 Å². The molecule has 1 aliphatic carbocycles. The number of nitrogens with zero attached hydrogens (tertiary/aromatic N) is 3. The van der Waals surface area contributed by atoms with Crippen LogP contribution >= 0.6 is 0 Å². The molecule has 5 fully saturated rings. The van der Waals surface area contributed by atoms with E-state index in [-0.39, 0.29) is 17.7 Å². The lowest BCUT2D eigenvalue weighted by atomic mass is 9.79. The lowest BCUT2D eigenvalue weighted by Gasteiger charge is -2.48. The van der Waals surface area contributed by atoms with E-state index >= 15 is 0 Å². The van der Waals surface area contributed by atoms with Crippen LogP contribution in [-0.2, 0) is 4.74 Å². The monoisotopic (exact) mass is 453 g/mol. The molecule has 4 aliphatic heterocycles. The Kier molecular flexibility index (Phi) is 7.10. The Morgan fingerprint density at radius 1 is 1.00 bits per heavy atom. The van der Waals surface area contributed by atoms with Gasteiger partial charge in [0.15, 0.2) is 6.35 Å². The summed E-state index contributed by atoms with van der Waals surface area (Å²) < 4.78 is 5.99. The molecule has 4 heterocycles. The Labute approximate surface area is 192 Å². The van der Waals surface area contributed by atoms with Crippen LogP contribution in [0.4, 0.5) is 0 Å². The summed E-state index contributed by atoms with van der Waals surface area (Å²) in [4.78, 5) is 6.81. The van der Waals surface area contributed by atoms with Gasteiger partial charge in [0.25, 0.3) is 0 Å². The third-order valence-corrected chi connectivity index (χ3v) is 8.83. The summed E-state index contributed by atoms with van der Waals surface area (Å²) in [6.07, 6.45) is 6.38. The van der Waals surface area contributed by atoms with Crippen molar-refractivity contribution in [3.05, 3.63) is 0 Å². The summed E-state index contributed by atoms with van der Waals surface area (Å²) in [6.45, 7) is 6.17. The van der Waals surface area contributed by atoms with Crippen LogP contribution in [0.3, 0.4) is 0 Å². The van der Waals surface area contributed by atoms with E-state index < -0.39 is 18.8 Å². The normalized spacial score (nSPS) is 43.3. The second-order valence-corrected chi connectivity index (χ2v) is 11.0. The molecule has 9 nitrogen and oxygen atoms in total. The van der Waals surface area contributed by atoms with Gasteiger partial charge in [-0.05, 0) is 58.0 Å². The van der Waals surface area contributed by atoms with Crippen LogP contribution in [0.5, 0.6) is 0 Å². The van der Waals surface area contributed by atoms with Gasteiger partial charge in [-0.2, -0.15) is 0 Å². The van der Waals surface area contributed by atoms with Gasteiger partial charge in [-0.25, -0.2) is 0 Å². The molecule has 0 aromatic rings. The average molecular weight is 454 g/mol. The van der Waals surface area contributed by atoms with Crippen LogP contribution in [0.1, 0.15) is 51.4 Å². The number of unbranched alkanes of at least 4 members (excludes halogenated alkanes) is 1. The zero-order chi connectivity index (χ0) is 22.3. The molecular formula is C23H43N5O4. The van der Waals surface area contributed by atoms with E-state index in [1.54, 1.807) is 0 Å². The van der Waals surface area contributed by atoms with Crippen LogP contribution < -0.4 is 10.6 Å². The Morgan fingerprint density at radius 3 is 2.56 bits per heavy atom. The molecule has 4 saturated heterocycles. The minimum absolute atomic E-state index is 0.0932. The Bertz CT molecular complexity index is 638. The van der Waals surface area contributed by atoms with Crippen LogP contribution in [0.25, 0.3) is 0 Å². The maximum atomic E-state index is 11.0. The molecule has 184 valence electrons. The summed E-state index contributed by atoms with van der Waals surface area (Å²) in [5.41, 5.74) is 0.0932. The predicted molar refractivity (Wildman–Crippen MR) is 121 cm³/mol. The topological polar surface area (TPSA) is 104 Å². The highest BCUT2D eigenvalue weighted by atomic mass is 16.5. The molecule has 7 unspecified atom stereocenters. The molecule has 0 amide bonds. The first kappa shape index (κ1) is 23.4. The van der Waals surface area contributed by atoms with E-state index in [0.717, 1.165) is 45.6 Å². The van der Waals surface area contributed by atoms with Crippen molar-refractivity contribution in [1.29, 1.82) is 0 Å². The smallest absolute Gasteiger partial charge is 0.166 e. The van der Waals surface area contributed by atoms with E-state index in [0.29, 0.717) is 24.8 Å². The third kappa shape index (κ3) is 4.61. The fourth-order valence-corrected chi connectivity index (χ4v) is 6.92. The molecule has 9 heteroatoms. The van der Waals surface area contributed by atoms with Crippen LogP contribution in [0.2, 0.25) is 0 Å². The fraction of sp³-hybridized carbons (Fsp3) is 1.00. The number of ether oxygens (including phenoxy) is 1. The number of hydrogen-bond donors (Lipinski definition) is 5. The van der Waals surface area contributed by atoms with E-state index in [1.165, 1.54) is 32.2 Å². The number of nitrogens with one attached hydrogen (secondary N) is 2. The SMILES string of the molecule is CN1C2CC(CCCCN3CCOC4(CNC4)C3)CCC2N(C2CCC(O)NC2O)C1O. The van der Waals surface area contributed by atoms with Crippen molar-refractivity contribution < 1.29 is 20.1 Å². The first-order valence-corrected chi connectivity index (χ1v) is 12.8. The number of aliphatic hydroxyl groups is 3. The van der Waals surface area contributed by atoms with Gasteiger partial charge in [-0.3, -0.25) is 20.0 Å². The van der Waals surface area contributed by atoms with Crippen LogP contribution in [0.15, 0.2) is 0 Å². The molecule has 1 spiro atoms.